The maximum Gasteiger partial charge on any atom is 0.189 e. The topological polar surface area (TPSA) is 34.9 Å². The summed E-state index contributed by atoms with van der Waals surface area (Å²) in [6.07, 6.45) is 1.74. The van der Waals surface area contributed by atoms with Crippen LogP contribution in [0.4, 0.5) is 0 Å². The molecule has 0 aliphatic carbocycles. The van der Waals surface area contributed by atoms with Crippen LogP contribution in [0.3, 0.4) is 0 Å². The van der Waals surface area contributed by atoms with Gasteiger partial charge in [-0.05, 0) is 24.3 Å². The van der Waals surface area contributed by atoms with Crippen LogP contribution in [-0.4, -0.2) is 9.55 Å². The average molecular weight is 305 g/mol. The smallest absolute Gasteiger partial charge is 0.189 e. The third-order valence-electron chi connectivity index (χ3n) is 3.09. The fraction of sp³-hybridized carbons (Fsp3) is 0.0667. The highest BCUT2D eigenvalue weighted by Gasteiger charge is 2.07. The molecule has 0 radical (unpaired) electrons. The molecule has 0 fully saturated rings. The summed E-state index contributed by atoms with van der Waals surface area (Å²) in [5.41, 5.74) is 1.52. The van der Waals surface area contributed by atoms with Crippen molar-refractivity contribution in [1.29, 1.82) is 0 Å². The molecular formula is C15H10Cl2N2O. The Morgan fingerprint density at radius 1 is 1.05 bits per heavy atom. The standard InChI is InChI=1S/C15H10Cl2N2O/c16-11-5-6-15(17)18-12(11)9-19-8-7-14(20)10-3-1-2-4-13(10)19/h1-8H,9H2. The molecule has 0 saturated heterocycles. The van der Waals surface area contributed by atoms with Gasteiger partial charge in [-0.15, -0.1) is 0 Å². The molecule has 5 heteroatoms. The van der Waals surface area contributed by atoms with Gasteiger partial charge in [0.15, 0.2) is 5.43 Å². The van der Waals surface area contributed by atoms with Crippen molar-refractivity contribution in [3.8, 4) is 0 Å². The maximum absolute atomic E-state index is 11.8. The number of halogens is 2. The molecule has 0 atom stereocenters. The van der Waals surface area contributed by atoms with Gasteiger partial charge in [0.05, 0.1) is 22.8 Å². The zero-order valence-electron chi connectivity index (χ0n) is 10.4. The van der Waals surface area contributed by atoms with Crippen molar-refractivity contribution in [2.45, 2.75) is 6.54 Å². The minimum Gasteiger partial charge on any atom is -0.341 e. The Hall–Kier alpha value is -1.84. The van der Waals surface area contributed by atoms with Crippen molar-refractivity contribution < 1.29 is 0 Å². The molecule has 0 N–H and O–H groups in total. The van der Waals surface area contributed by atoms with Crippen molar-refractivity contribution in [3.63, 3.8) is 0 Å². The van der Waals surface area contributed by atoms with Crippen LogP contribution < -0.4 is 5.43 Å². The minimum absolute atomic E-state index is 0.00185. The van der Waals surface area contributed by atoms with Crippen molar-refractivity contribution in [2.24, 2.45) is 0 Å². The lowest BCUT2D eigenvalue weighted by Crippen LogP contribution is -2.09. The second kappa shape index (κ2) is 5.27. The molecule has 0 aliphatic rings. The second-order valence-corrected chi connectivity index (χ2v) is 5.18. The molecule has 0 saturated carbocycles. The van der Waals surface area contributed by atoms with Crippen LogP contribution in [-0.2, 0) is 6.54 Å². The molecule has 2 aromatic heterocycles. The molecule has 0 amide bonds. The molecule has 0 spiro atoms. The third kappa shape index (κ3) is 2.42. The molecule has 3 nitrogen and oxygen atoms in total. The minimum atomic E-state index is 0.00185. The number of hydrogen-bond donors (Lipinski definition) is 0. The zero-order chi connectivity index (χ0) is 14.1. The van der Waals surface area contributed by atoms with Crippen molar-refractivity contribution in [2.75, 3.05) is 0 Å². The van der Waals surface area contributed by atoms with Gasteiger partial charge in [-0.3, -0.25) is 4.79 Å². The Balaban J connectivity index is 2.14. The lowest BCUT2D eigenvalue weighted by atomic mass is 10.2. The lowest BCUT2D eigenvalue weighted by molar-refractivity contribution is 0.798. The summed E-state index contributed by atoms with van der Waals surface area (Å²) in [5.74, 6) is 0. The fourth-order valence-corrected chi connectivity index (χ4v) is 2.46. The number of nitrogens with zero attached hydrogens (tertiary/aromatic N) is 2. The van der Waals surface area contributed by atoms with Crippen molar-refractivity contribution >= 4 is 34.1 Å². The Bertz CT molecular complexity index is 843. The van der Waals surface area contributed by atoms with E-state index in [2.05, 4.69) is 4.98 Å². The van der Waals surface area contributed by atoms with E-state index in [1.54, 1.807) is 30.5 Å². The molecule has 0 unspecified atom stereocenters. The third-order valence-corrected chi connectivity index (χ3v) is 3.64. The van der Waals surface area contributed by atoms with Crippen LogP contribution in [0.1, 0.15) is 5.69 Å². The number of aromatic nitrogens is 2. The number of hydrogen-bond acceptors (Lipinski definition) is 2. The predicted octanol–water partition coefficient (Wildman–Crippen LogP) is 3.75. The van der Waals surface area contributed by atoms with E-state index in [1.165, 1.54) is 0 Å². The van der Waals surface area contributed by atoms with E-state index in [4.69, 9.17) is 23.2 Å². The average Bonchev–Trinajstić information content (AvgIpc) is 2.46. The zero-order valence-corrected chi connectivity index (χ0v) is 11.9. The first-order chi connectivity index (χ1) is 9.65. The van der Waals surface area contributed by atoms with Gasteiger partial charge < -0.3 is 4.57 Å². The number of benzene rings is 1. The van der Waals surface area contributed by atoms with Crippen molar-refractivity contribution in [1.82, 2.24) is 9.55 Å². The van der Waals surface area contributed by atoms with Crippen LogP contribution in [0.5, 0.6) is 0 Å². The van der Waals surface area contributed by atoms with Gasteiger partial charge in [-0.2, -0.15) is 0 Å². The van der Waals surface area contributed by atoms with Crippen LogP contribution in [0, 0.1) is 0 Å². The van der Waals surface area contributed by atoms with E-state index in [-0.39, 0.29) is 5.43 Å². The Labute approximate surface area is 125 Å². The lowest BCUT2D eigenvalue weighted by Gasteiger charge is -2.11. The van der Waals surface area contributed by atoms with Gasteiger partial charge in [0.1, 0.15) is 5.15 Å². The van der Waals surface area contributed by atoms with Gasteiger partial charge in [0, 0.05) is 17.6 Å². The normalized spacial score (nSPS) is 10.9. The van der Waals surface area contributed by atoms with E-state index < -0.39 is 0 Å². The predicted molar refractivity (Wildman–Crippen MR) is 81.6 cm³/mol. The number of fused-ring (bicyclic) bond motifs is 1. The molecule has 3 aromatic rings. The second-order valence-electron chi connectivity index (χ2n) is 4.39. The first kappa shape index (κ1) is 13.2. The Morgan fingerprint density at radius 3 is 2.70 bits per heavy atom. The van der Waals surface area contributed by atoms with E-state index in [9.17, 15) is 4.79 Å². The van der Waals surface area contributed by atoms with E-state index in [0.717, 1.165) is 5.52 Å². The highest BCUT2D eigenvalue weighted by atomic mass is 35.5. The Morgan fingerprint density at radius 2 is 1.85 bits per heavy atom. The first-order valence-corrected chi connectivity index (χ1v) is 6.80. The molecule has 0 bridgehead atoms. The van der Waals surface area contributed by atoms with Crippen LogP contribution in [0.25, 0.3) is 10.9 Å². The summed E-state index contributed by atoms with van der Waals surface area (Å²) in [6.45, 7) is 0.459. The molecule has 20 heavy (non-hydrogen) atoms. The fourth-order valence-electron chi connectivity index (χ4n) is 2.13. The molecule has 2 heterocycles. The van der Waals surface area contributed by atoms with Crippen LogP contribution >= 0.6 is 23.2 Å². The summed E-state index contributed by atoms with van der Waals surface area (Å²) < 4.78 is 1.93. The van der Waals surface area contributed by atoms with E-state index >= 15 is 0 Å². The first-order valence-electron chi connectivity index (χ1n) is 6.04. The largest absolute Gasteiger partial charge is 0.341 e. The summed E-state index contributed by atoms with van der Waals surface area (Å²) in [7, 11) is 0. The summed E-state index contributed by atoms with van der Waals surface area (Å²) in [5, 5.41) is 1.63. The van der Waals surface area contributed by atoms with Crippen molar-refractivity contribution in [3.05, 3.63) is 74.8 Å². The number of para-hydroxylation sites is 1. The molecule has 100 valence electrons. The summed E-state index contributed by atoms with van der Waals surface area (Å²) in [4.78, 5) is 16.1. The van der Waals surface area contributed by atoms with Gasteiger partial charge in [-0.25, -0.2) is 4.98 Å². The molecular weight excluding hydrogens is 295 g/mol. The van der Waals surface area contributed by atoms with Crippen LogP contribution in [0.2, 0.25) is 10.2 Å². The maximum atomic E-state index is 11.8. The summed E-state index contributed by atoms with van der Waals surface area (Å²) >= 11 is 12.0. The Kier molecular flexibility index (Phi) is 3.47. The van der Waals surface area contributed by atoms with Gasteiger partial charge in [-0.1, -0.05) is 35.3 Å². The number of pyridine rings is 2. The van der Waals surface area contributed by atoms with Gasteiger partial charge >= 0.3 is 0 Å². The van der Waals surface area contributed by atoms with E-state index in [1.807, 2.05) is 22.8 Å². The van der Waals surface area contributed by atoms with Crippen LogP contribution in [0.15, 0.2) is 53.5 Å². The highest BCUT2D eigenvalue weighted by Crippen LogP contribution is 2.19. The SMILES string of the molecule is O=c1ccn(Cc2nc(Cl)ccc2Cl)c2ccccc12. The molecule has 0 aliphatic heterocycles. The van der Waals surface area contributed by atoms with E-state index in [0.29, 0.717) is 27.8 Å². The summed E-state index contributed by atoms with van der Waals surface area (Å²) in [6, 6.07) is 12.4. The van der Waals surface area contributed by atoms with Gasteiger partial charge in [0.25, 0.3) is 0 Å². The number of rotatable bonds is 2. The highest BCUT2D eigenvalue weighted by molar-refractivity contribution is 6.32. The molecule has 3 rings (SSSR count). The quantitative estimate of drug-likeness (QED) is 0.676. The van der Waals surface area contributed by atoms with Gasteiger partial charge in [0.2, 0.25) is 0 Å². The molecule has 1 aromatic carbocycles. The monoisotopic (exact) mass is 304 g/mol.